The normalized spacial score (nSPS) is 14.1. The molecule has 0 N–H and O–H groups in total. The van der Waals surface area contributed by atoms with Gasteiger partial charge >= 0.3 is 0 Å². The molecule has 0 aromatic carbocycles. The first-order valence-electron chi connectivity index (χ1n) is 7.43. The fraction of sp³-hybridized carbons (Fsp3) is 0.312. The Labute approximate surface area is 141 Å². The van der Waals surface area contributed by atoms with Crippen LogP contribution in [-0.4, -0.2) is 21.9 Å². The first-order chi connectivity index (χ1) is 11.2. The van der Waals surface area contributed by atoms with Gasteiger partial charge in [-0.3, -0.25) is 9.69 Å². The van der Waals surface area contributed by atoms with Crippen molar-refractivity contribution in [1.82, 2.24) is 9.97 Å². The smallest absolute Gasteiger partial charge is 0.235 e. The summed E-state index contributed by atoms with van der Waals surface area (Å²) in [5.74, 6) is 0.807. The Bertz CT molecular complexity index is 818. The van der Waals surface area contributed by atoms with Crippen molar-refractivity contribution >= 4 is 33.7 Å². The summed E-state index contributed by atoms with van der Waals surface area (Å²) in [6.45, 7) is 1.95. The molecule has 23 heavy (non-hydrogen) atoms. The summed E-state index contributed by atoms with van der Waals surface area (Å²) in [6.07, 6.45) is 4.03. The highest BCUT2D eigenvalue weighted by Gasteiger charge is 2.35. The highest BCUT2D eigenvalue weighted by molar-refractivity contribution is 7.14. The van der Waals surface area contributed by atoms with E-state index >= 15 is 0 Å². The van der Waals surface area contributed by atoms with E-state index < -0.39 is 0 Å². The maximum absolute atomic E-state index is 12.7. The average molecular weight is 345 g/mol. The molecule has 1 saturated carbocycles. The summed E-state index contributed by atoms with van der Waals surface area (Å²) in [5.41, 5.74) is 1.74. The number of furan rings is 1. The van der Waals surface area contributed by atoms with Crippen LogP contribution in [0.5, 0.6) is 0 Å². The SMILES string of the molecule is Cc1csc(N(C(=O)Cc2csc(-c3ccco3)n2)C2CC2)n1. The number of rotatable bonds is 5. The van der Waals surface area contributed by atoms with Crippen molar-refractivity contribution in [1.29, 1.82) is 0 Å². The number of carbonyl (C=O) groups excluding carboxylic acids is 1. The largest absolute Gasteiger partial charge is 0.462 e. The van der Waals surface area contributed by atoms with Crippen LogP contribution in [0.4, 0.5) is 5.13 Å². The zero-order valence-corrected chi connectivity index (χ0v) is 14.2. The predicted octanol–water partition coefficient (Wildman–Crippen LogP) is 3.91. The van der Waals surface area contributed by atoms with Crippen LogP contribution in [0.25, 0.3) is 10.8 Å². The molecule has 1 fully saturated rings. The van der Waals surface area contributed by atoms with Gasteiger partial charge in [-0.15, -0.1) is 22.7 Å². The molecule has 3 aromatic rings. The lowest BCUT2D eigenvalue weighted by molar-refractivity contribution is -0.118. The number of aromatic nitrogens is 2. The van der Waals surface area contributed by atoms with E-state index in [4.69, 9.17) is 4.42 Å². The van der Waals surface area contributed by atoms with Crippen molar-refractivity contribution < 1.29 is 9.21 Å². The minimum Gasteiger partial charge on any atom is -0.462 e. The van der Waals surface area contributed by atoms with E-state index in [2.05, 4.69) is 9.97 Å². The monoisotopic (exact) mass is 345 g/mol. The van der Waals surface area contributed by atoms with Crippen molar-refractivity contribution in [3.05, 3.63) is 40.5 Å². The minimum absolute atomic E-state index is 0.0677. The van der Waals surface area contributed by atoms with E-state index in [1.807, 2.05) is 34.7 Å². The molecule has 4 rings (SSSR count). The van der Waals surface area contributed by atoms with Crippen molar-refractivity contribution in [2.24, 2.45) is 0 Å². The molecule has 0 bridgehead atoms. The molecular formula is C16H15N3O2S2. The van der Waals surface area contributed by atoms with E-state index in [0.717, 1.165) is 40.1 Å². The number of thiazole rings is 2. The lowest BCUT2D eigenvalue weighted by Gasteiger charge is -2.18. The molecule has 3 heterocycles. The Balaban J connectivity index is 1.52. The van der Waals surface area contributed by atoms with Gasteiger partial charge in [0, 0.05) is 16.8 Å². The van der Waals surface area contributed by atoms with Gasteiger partial charge in [0.05, 0.1) is 24.1 Å². The Morgan fingerprint density at radius 3 is 2.87 bits per heavy atom. The molecule has 7 heteroatoms. The first kappa shape index (κ1) is 14.6. The fourth-order valence-corrected chi connectivity index (χ4v) is 4.07. The van der Waals surface area contributed by atoms with Crippen LogP contribution < -0.4 is 4.90 Å². The second-order valence-electron chi connectivity index (χ2n) is 5.56. The molecular weight excluding hydrogens is 330 g/mol. The van der Waals surface area contributed by atoms with E-state index in [1.54, 1.807) is 6.26 Å². The van der Waals surface area contributed by atoms with Gasteiger partial charge in [-0.25, -0.2) is 9.97 Å². The van der Waals surface area contributed by atoms with Crippen LogP contribution in [0.1, 0.15) is 24.2 Å². The second-order valence-corrected chi connectivity index (χ2v) is 7.26. The lowest BCUT2D eigenvalue weighted by Crippen LogP contribution is -2.34. The maximum Gasteiger partial charge on any atom is 0.235 e. The number of hydrogen-bond donors (Lipinski definition) is 0. The van der Waals surface area contributed by atoms with E-state index in [0.29, 0.717) is 12.5 Å². The Morgan fingerprint density at radius 2 is 2.22 bits per heavy atom. The van der Waals surface area contributed by atoms with Crippen LogP contribution in [0.15, 0.2) is 33.6 Å². The maximum atomic E-state index is 12.7. The standard InChI is InChI=1S/C16H15N3O2S2/c1-10-8-23-16(17-10)19(12-4-5-12)14(20)7-11-9-22-15(18-11)13-3-2-6-21-13/h2-3,6,8-9,12H,4-5,7H2,1H3. The summed E-state index contributed by atoms with van der Waals surface area (Å²) in [7, 11) is 0. The van der Waals surface area contributed by atoms with Crippen molar-refractivity contribution in [3.8, 4) is 10.8 Å². The molecule has 5 nitrogen and oxygen atoms in total. The number of nitrogens with zero attached hydrogens (tertiary/aromatic N) is 3. The highest BCUT2D eigenvalue weighted by Crippen LogP contribution is 2.34. The summed E-state index contributed by atoms with van der Waals surface area (Å²) in [5, 5.41) is 5.52. The molecule has 1 aliphatic rings. The average Bonchev–Trinajstić information content (AvgIpc) is 2.96. The lowest BCUT2D eigenvalue weighted by atomic mass is 10.3. The third-order valence-electron chi connectivity index (χ3n) is 3.61. The Morgan fingerprint density at radius 1 is 1.35 bits per heavy atom. The van der Waals surface area contributed by atoms with Gasteiger partial charge in [-0.1, -0.05) is 0 Å². The molecule has 0 radical (unpaired) electrons. The summed E-state index contributed by atoms with van der Waals surface area (Å²) >= 11 is 3.03. The molecule has 3 aromatic heterocycles. The highest BCUT2D eigenvalue weighted by atomic mass is 32.1. The van der Waals surface area contributed by atoms with Gasteiger partial charge in [0.1, 0.15) is 0 Å². The van der Waals surface area contributed by atoms with Crippen LogP contribution in [0.3, 0.4) is 0 Å². The Hall–Kier alpha value is -1.99. The van der Waals surface area contributed by atoms with Gasteiger partial charge < -0.3 is 4.42 Å². The number of amides is 1. The minimum atomic E-state index is 0.0677. The van der Waals surface area contributed by atoms with Crippen LogP contribution >= 0.6 is 22.7 Å². The predicted molar refractivity (Wildman–Crippen MR) is 90.9 cm³/mol. The summed E-state index contributed by atoms with van der Waals surface area (Å²) < 4.78 is 5.35. The van der Waals surface area contributed by atoms with Crippen molar-refractivity contribution in [2.75, 3.05) is 4.90 Å². The zero-order chi connectivity index (χ0) is 15.8. The second kappa shape index (κ2) is 5.90. The number of carbonyl (C=O) groups is 1. The van der Waals surface area contributed by atoms with Crippen molar-refractivity contribution in [3.63, 3.8) is 0 Å². The Kier molecular flexibility index (Phi) is 3.74. The van der Waals surface area contributed by atoms with Gasteiger partial charge in [0.15, 0.2) is 15.9 Å². The van der Waals surface area contributed by atoms with Crippen LogP contribution in [0.2, 0.25) is 0 Å². The van der Waals surface area contributed by atoms with Gasteiger partial charge in [-0.05, 0) is 31.9 Å². The van der Waals surface area contributed by atoms with E-state index in [1.165, 1.54) is 22.7 Å². The van der Waals surface area contributed by atoms with Crippen LogP contribution in [-0.2, 0) is 11.2 Å². The van der Waals surface area contributed by atoms with E-state index in [-0.39, 0.29) is 5.91 Å². The molecule has 0 aliphatic heterocycles. The van der Waals surface area contributed by atoms with Gasteiger partial charge in [-0.2, -0.15) is 0 Å². The molecule has 1 aliphatic carbocycles. The molecule has 118 valence electrons. The van der Waals surface area contributed by atoms with Gasteiger partial charge in [0.2, 0.25) is 5.91 Å². The number of anilines is 1. The van der Waals surface area contributed by atoms with Crippen LogP contribution in [0, 0.1) is 6.92 Å². The third-order valence-corrected chi connectivity index (χ3v) is 5.47. The molecule has 0 atom stereocenters. The first-order valence-corrected chi connectivity index (χ1v) is 9.19. The molecule has 1 amide bonds. The van der Waals surface area contributed by atoms with Gasteiger partial charge in [0.25, 0.3) is 0 Å². The molecule has 0 spiro atoms. The van der Waals surface area contributed by atoms with Crippen molar-refractivity contribution in [2.45, 2.75) is 32.2 Å². The number of hydrogen-bond acceptors (Lipinski definition) is 6. The summed E-state index contributed by atoms with van der Waals surface area (Å²) in [4.78, 5) is 23.6. The van der Waals surface area contributed by atoms with E-state index in [9.17, 15) is 4.79 Å². The third kappa shape index (κ3) is 3.07. The molecule has 0 unspecified atom stereocenters. The summed E-state index contributed by atoms with van der Waals surface area (Å²) in [6, 6.07) is 4.01. The quantitative estimate of drug-likeness (QED) is 0.703. The number of aryl methyl sites for hydroxylation is 1. The molecule has 0 saturated heterocycles. The zero-order valence-electron chi connectivity index (χ0n) is 12.6. The topological polar surface area (TPSA) is 59.2 Å². The fourth-order valence-electron chi connectivity index (χ4n) is 2.39.